The van der Waals surface area contributed by atoms with Gasteiger partial charge in [0.05, 0.1) is 27.9 Å². The second-order valence-corrected chi connectivity index (χ2v) is 11.7. The molecule has 11 heteroatoms. The number of halogens is 2. The molecule has 0 radical (unpaired) electrons. The maximum absolute atomic E-state index is 14.3. The maximum Gasteiger partial charge on any atom is 0.254 e. The Bertz CT molecular complexity index is 1450. The third-order valence-corrected chi connectivity index (χ3v) is 9.34. The molecule has 1 fully saturated rings. The van der Waals surface area contributed by atoms with E-state index in [2.05, 4.69) is 0 Å². The first-order valence-electron chi connectivity index (χ1n) is 10.1. The highest BCUT2D eigenvalue weighted by Crippen LogP contribution is 2.34. The van der Waals surface area contributed by atoms with Gasteiger partial charge in [0.1, 0.15) is 10.7 Å². The van der Waals surface area contributed by atoms with E-state index < -0.39 is 40.2 Å². The third kappa shape index (κ3) is 4.58. The van der Waals surface area contributed by atoms with Crippen LogP contribution in [-0.2, 0) is 24.4 Å². The van der Waals surface area contributed by atoms with Crippen LogP contribution in [0.4, 0.5) is 4.39 Å². The van der Waals surface area contributed by atoms with Gasteiger partial charge in [0.15, 0.2) is 0 Å². The van der Waals surface area contributed by atoms with E-state index in [1.165, 1.54) is 42.5 Å². The summed E-state index contributed by atoms with van der Waals surface area (Å²) in [6, 6.07) is 13.2. The van der Waals surface area contributed by atoms with Crippen LogP contribution in [-0.4, -0.2) is 53.9 Å². The van der Waals surface area contributed by atoms with Gasteiger partial charge in [0, 0.05) is 23.7 Å². The highest BCUT2D eigenvalue weighted by atomic mass is 35.5. The normalized spacial score (nSPS) is 14.7. The van der Waals surface area contributed by atoms with E-state index in [0.717, 1.165) is 24.3 Å². The van der Waals surface area contributed by atoms with Crippen LogP contribution in [0, 0.1) is 5.82 Å². The number of morpholine rings is 1. The van der Waals surface area contributed by atoms with Crippen LogP contribution in [0.5, 0.6) is 0 Å². The molecule has 7 nitrogen and oxygen atoms in total. The van der Waals surface area contributed by atoms with Crippen molar-refractivity contribution in [2.24, 2.45) is 0 Å². The molecular formula is C23H19ClFNO6S2. The van der Waals surface area contributed by atoms with E-state index in [9.17, 15) is 26.0 Å². The van der Waals surface area contributed by atoms with E-state index in [-0.39, 0.29) is 21.4 Å². The van der Waals surface area contributed by atoms with Gasteiger partial charge in [-0.15, -0.1) is 0 Å². The highest BCUT2D eigenvalue weighted by molar-refractivity contribution is 7.94. The molecule has 34 heavy (non-hydrogen) atoms. The Hall–Kier alpha value is -2.79. The predicted molar refractivity (Wildman–Crippen MR) is 122 cm³/mol. The lowest BCUT2D eigenvalue weighted by Crippen LogP contribution is -2.40. The number of ether oxygens (including phenoxy) is 1. The van der Waals surface area contributed by atoms with Gasteiger partial charge in [0.25, 0.3) is 5.91 Å². The topological polar surface area (TPSA) is 97.8 Å². The molecule has 1 aliphatic rings. The van der Waals surface area contributed by atoms with Crippen LogP contribution in [0.3, 0.4) is 0 Å². The van der Waals surface area contributed by atoms with Crippen LogP contribution < -0.4 is 0 Å². The fraction of sp³-hybridized carbons (Fsp3) is 0.174. The van der Waals surface area contributed by atoms with Gasteiger partial charge in [-0.25, -0.2) is 21.2 Å². The second-order valence-electron chi connectivity index (χ2n) is 7.46. The number of carbonyl (C=O) groups is 1. The molecule has 178 valence electrons. The third-order valence-electron chi connectivity index (χ3n) is 5.32. The molecule has 1 heterocycles. The van der Waals surface area contributed by atoms with Crippen LogP contribution in [0.2, 0.25) is 5.02 Å². The maximum atomic E-state index is 14.3. The van der Waals surface area contributed by atoms with E-state index in [0.29, 0.717) is 26.3 Å². The van der Waals surface area contributed by atoms with Crippen molar-refractivity contribution in [2.75, 3.05) is 26.3 Å². The van der Waals surface area contributed by atoms with Crippen LogP contribution in [0.25, 0.3) is 0 Å². The lowest BCUT2D eigenvalue weighted by atomic mass is 10.2. The largest absolute Gasteiger partial charge is 0.378 e. The second kappa shape index (κ2) is 9.46. The molecule has 0 bridgehead atoms. The van der Waals surface area contributed by atoms with Crippen molar-refractivity contribution >= 4 is 37.2 Å². The highest BCUT2D eigenvalue weighted by Gasteiger charge is 2.31. The monoisotopic (exact) mass is 523 g/mol. The zero-order chi connectivity index (χ0) is 24.5. The zero-order valence-corrected chi connectivity index (χ0v) is 20.0. The van der Waals surface area contributed by atoms with E-state index in [1.54, 1.807) is 4.90 Å². The number of nitrogens with zero attached hydrogens (tertiary/aromatic N) is 1. The minimum Gasteiger partial charge on any atom is -0.378 e. The Labute approximate surface area is 201 Å². The first kappa shape index (κ1) is 24.3. The molecule has 1 saturated heterocycles. The number of hydrogen-bond donors (Lipinski definition) is 0. The SMILES string of the molecule is O=C(c1ccc(S(=O)(=O)c2ccc(Cl)cc2S(=O)(=O)c2ccccc2F)cc1)N1CCOCC1. The molecule has 0 atom stereocenters. The molecular weight excluding hydrogens is 505 g/mol. The fourth-order valence-corrected chi connectivity index (χ4v) is 7.20. The lowest BCUT2D eigenvalue weighted by Gasteiger charge is -2.26. The molecule has 4 rings (SSSR count). The first-order valence-corrected chi connectivity index (χ1v) is 13.5. The number of carbonyl (C=O) groups excluding carboxylic acids is 1. The predicted octanol–water partition coefficient (Wildman–Crippen LogP) is 3.62. The van der Waals surface area contributed by atoms with E-state index in [1.807, 2.05) is 0 Å². The average Bonchev–Trinajstić information content (AvgIpc) is 2.84. The molecule has 1 aliphatic heterocycles. The summed E-state index contributed by atoms with van der Waals surface area (Å²) in [7, 11) is -8.92. The smallest absolute Gasteiger partial charge is 0.254 e. The molecule has 0 N–H and O–H groups in total. The van der Waals surface area contributed by atoms with Gasteiger partial charge < -0.3 is 9.64 Å². The van der Waals surface area contributed by atoms with Gasteiger partial charge in [-0.2, -0.15) is 0 Å². The quantitative estimate of drug-likeness (QED) is 0.506. The number of benzene rings is 3. The molecule has 3 aromatic carbocycles. The Balaban J connectivity index is 1.75. The van der Waals surface area contributed by atoms with Gasteiger partial charge in [-0.05, 0) is 54.6 Å². The van der Waals surface area contributed by atoms with Crippen LogP contribution in [0.1, 0.15) is 10.4 Å². The number of sulfone groups is 2. The Morgan fingerprint density at radius 1 is 0.824 bits per heavy atom. The number of hydrogen-bond acceptors (Lipinski definition) is 6. The van der Waals surface area contributed by atoms with Crippen molar-refractivity contribution in [1.29, 1.82) is 0 Å². The van der Waals surface area contributed by atoms with Crippen LogP contribution >= 0.6 is 11.6 Å². The summed E-state index contributed by atoms with van der Waals surface area (Å²) in [5.41, 5.74) is 0.288. The zero-order valence-electron chi connectivity index (χ0n) is 17.6. The molecule has 3 aromatic rings. The number of rotatable bonds is 5. The summed E-state index contributed by atoms with van der Waals surface area (Å²) in [6.07, 6.45) is 0. The molecule has 0 spiro atoms. The van der Waals surface area contributed by atoms with Gasteiger partial charge >= 0.3 is 0 Å². The van der Waals surface area contributed by atoms with E-state index >= 15 is 0 Å². The minimum absolute atomic E-state index is 0.0275. The molecule has 1 amide bonds. The molecule has 0 aromatic heterocycles. The fourth-order valence-electron chi connectivity index (χ4n) is 3.55. The van der Waals surface area contributed by atoms with Crippen molar-refractivity contribution in [3.05, 3.63) is 83.1 Å². The van der Waals surface area contributed by atoms with Gasteiger partial charge in [-0.1, -0.05) is 23.7 Å². The van der Waals surface area contributed by atoms with E-state index in [4.69, 9.17) is 16.3 Å². The summed E-state index contributed by atoms with van der Waals surface area (Å²) < 4.78 is 72.7. The number of amides is 1. The van der Waals surface area contributed by atoms with Gasteiger partial charge in [-0.3, -0.25) is 4.79 Å². The van der Waals surface area contributed by atoms with Crippen molar-refractivity contribution in [3.63, 3.8) is 0 Å². The Kier molecular flexibility index (Phi) is 6.77. The summed E-state index contributed by atoms with van der Waals surface area (Å²) >= 11 is 5.97. The van der Waals surface area contributed by atoms with Crippen molar-refractivity contribution in [2.45, 2.75) is 19.6 Å². The van der Waals surface area contributed by atoms with Crippen LogP contribution in [0.15, 0.2) is 86.3 Å². The minimum atomic E-state index is -4.56. The Morgan fingerprint density at radius 3 is 2.12 bits per heavy atom. The summed E-state index contributed by atoms with van der Waals surface area (Å²) in [4.78, 5) is 12.2. The Morgan fingerprint density at radius 2 is 1.47 bits per heavy atom. The standard InChI is InChI=1S/C23H19ClFNO6S2/c24-17-7-10-21(22(15-17)34(30,31)20-4-2-1-3-19(20)25)33(28,29)18-8-5-16(6-9-18)23(27)26-11-13-32-14-12-26/h1-10,15H,11-14H2. The molecule has 0 unspecified atom stereocenters. The van der Waals surface area contributed by atoms with Gasteiger partial charge in [0.2, 0.25) is 19.7 Å². The lowest BCUT2D eigenvalue weighted by molar-refractivity contribution is 0.0303. The molecule has 0 aliphatic carbocycles. The van der Waals surface area contributed by atoms with Crippen molar-refractivity contribution < 1.29 is 30.8 Å². The average molecular weight is 524 g/mol. The summed E-state index contributed by atoms with van der Waals surface area (Å²) in [6.45, 7) is 1.71. The first-order chi connectivity index (χ1) is 16.1. The van der Waals surface area contributed by atoms with Crippen molar-refractivity contribution in [3.8, 4) is 0 Å². The molecule has 0 saturated carbocycles. The summed E-state index contributed by atoms with van der Waals surface area (Å²) in [5.74, 6) is -1.28. The summed E-state index contributed by atoms with van der Waals surface area (Å²) in [5, 5.41) is -0.0275. The van der Waals surface area contributed by atoms with Crippen molar-refractivity contribution in [1.82, 2.24) is 4.90 Å².